The molecule has 1 fully saturated rings. The monoisotopic (exact) mass is 507 g/mol. The van der Waals surface area contributed by atoms with Crippen molar-refractivity contribution in [3.63, 3.8) is 0 Å². The Hall–Kier alpha value is -3.97. The number of halogens is 4. The fourth-order valence-corrected chi connectivity index (χ4v) is 4.32. The molecular formula is C22H22F4N8O2. The predicted octanol–water partition coefficient (Wildman–Crippen LogP) is 2.35. The summed E-state index contributed by atoms with van der Waals surface area (Å²) < 4.78 is 73.8. The molecule has 1 N–H and O–H groups in total. The molecule has 0 saturated carbocycles. The summed E-state index contributed by atoms with van der Waals surface area (Å²) in [4.78, 5) is 20.8. The van der Waals surface area contributed by atoms with E-state index < -0.39 is 43.1 Å². The summed E-state index contributed by atoms with van der Waals surface area (Å²) in [5.74, 6) is -4.84. The SMILES string of the molecule is [2H]c1c(F)c(-c2ccc3nnn(CCF)c3c2)c2c(OC)nc(=N[C@@H]3CCN(C(C)=O)CC3(F)F)[nH]n12. The molecule has 10 nitrogen and oxygen atoms in total. The average molecular weight is 507 g/mol. The number of amides is 1. The Labute approximate surface area is 202 Å². The van der Waals surface area contributed by atoms with Crippen LogP contribution in [0.2, 0.25) is 0 Å². The number of hydrogen-bond acceptors (Lipinski definition) is 6. The first-order chi connectivity index (χ1) is 17.6. The van der Waals surface area contributed by atoms with Crippen LogP contribution in [0.4, 0.5) is 17.6 Å². The third-order valence-corrected chi connectivity index (χ3v) is 6.09. The molecule has 0 radical (unpaired) electrons. The van der Waals surface area contributed by atoms with Gasteiger partial charge in [-0.3, -0.25) is 14.4 Å². The van der Waals surface area contributed by atoms with Crippen LogP contribution in [0, 0.1) is 5.82 Å². The standard InChI is InChI=1S/C22H22F4N8O2/c1-12(35)32-7-5-17(22(25,26)11-32)27-21-28-20(36-2)19-18(14(24)10-34(19)30-21)13-3-4-15-16(9-13)33(8-6-23)31-29-15/h3-4,9-10,17H,5-8,11H2,1-2H3,(H,27,30)/t17-/m1/s1/i10D. The summed E-state index contributed by atoms with van der Waals surface area (Å²) >= 11 is 0. The van der Waals surface area contributed by atoms with Crippen molar-refractivity contribution in [1.29, 1.82) is 0 Å². The molecule has 14 heteroatoms. The summed E-state index contributed by atoms with van der Waals surface area (Å²) in [5, 5.41) is 10.5. The second kappa shape index (κ2) is 8.91. The van der Waals surface area contributed by atoms with Gasteiger partial charge in [0.1, 0.15) is 23.7 Å². The predicted molar refractivity (Wildman–Crippen MR) is 120 cm³/mol. The molecule has 0 aliphatic carbocycles. The number of hydrogen-bond donors (Lipinski definition) is 1. The van der Waals surface area contributed by atoms with Gasteiger partial charge in [-0.05, 0) is 24.1 Å². The first-order valence-electron chi connectivity index (χ1n) is 11.6. The number of ether oxygens (including phenoxy) is 1. The minimum atomic E-state index is -3.31. The molecule has 36 heavy (non-hydrogen) atoms. The van der Waals surface area contributed by atoms with Gasteiger partial charge < -0.3 is 9.64 Å². The van der Waals surface area contributed by atoms with Gasteiger partial charge in [0.15, 0.2) is 5.82 Å². The number of aryl methyl sites for hydroxylation is 1. The highest BCUT2D eigenvalue weighted by Gasteiger charge is 2.45. The average Bonchev–Trinajstić information content (AvgIpc) is 3.38. The molecule has 0 bridgehead atoms. The van der Waals surface area contributed by atoms with Gasteiger partial charge in [0.05, 0.1) is 38.8 Å². The van der Waals surface area contributed by atoms with Gasteiger partial charge in [-0.1, -0.05) is 11.3 Å². The lowest BCUT2D eigenvalue weighted by Crippen LogP contribution is -2.52. The molecule has 4 heterocycles. The number of nitrogens with zero attached hydrogens (tertiary/aromatic N) is 7. The first kappa shape index (κ1) is 22.5. The van der Waals surface area contributed by atoms with Crippen molar-refractivity contribution in [2.45, 2.75) is 31.9 Å². The van der Waals surface area contributed by atoms with Crippen LogP contribution in [0.3, 0.4) is 0 Å². The van der Waals surface area contributed by atoms with E-state index in [1.165, 1.54) is 18.7 Å². The number of aromatic nitrogens is 6. The Morgan fingerprint density at radius 1 is 1.42 bits per heavy atom. The zero-order chi connectivity index (χ0) is 26.5. The number of alkyl halides is 3. The van der Waals surface area contributed by atoms with E-state index in [0.29, 0.717) is 16.6 Å². The molecule has 5 rings (SSSR count). The number of benzene rings is 1. The minimum Gasteiger partial charge on any atom is -0.479 e. The van der Waals surface area contributed by atoms with Gasteiger partial charge >= 0.3 is 0 Å². The smallest absolute Gasteiger partial charge is 0.287 e. The largest absolute Gasteiger partial charge is 0.479 e. The molecule has 4 aromatic rings. The Morgan fingerprint density at radius 3 is 2.92 bits per heavy atom. The van der Waals surface area contributed by atoms with Crippen molar-refractivity contribution in [1.82, 2.24) is 34.5 Å². The molecule has 1 aromatic carbocycles. The van der Waals surface area contributed by atoms with Crippen molar-refractivity contribution in [3.05, 3.63) is 35.8 Å². The van der Waals surface area contributed by atoms with E-state index in [9.17, 15) is 18.0 Å². The molecular weight excluding hydrogens is 484 g/mol. The summed E-state index contributed by atoms with van der Waals surface area (Å²) in [6.07, 6.45) is -0.710. The Kier molecular flexibility index (Phi) is 5.57. The van der Waals surface area contributed by atoms with E-state index in [1.54, 1.807) is 18.2 Å². The highest BCUT2D eigenvalue weighted by Crippen LogP contribution is 2.34. The molecule has 190 valence electrons. The number of H-pyrrole nitrogens is 1. The third kappa shape index (κ3) is 4.05. The van der Waals surface area contributed by atoms with Crippen LogP contribution in [0.5, 0.6) is 5.88 Å². The lowest BCUT2D eigenvalue weighted by atomic mass is 10.0. The lowest BCUT2D eigenvalue weighted by Gasteiger charge is -2.35. The molecule has 1 aliphatic heterocycles. The van der Waals surface area contributed by atoms with Crippen molar-refractivity contribution < 1.29 is 28.5 Å². The summed E-state index contributed by atoms with van der Waals surface area (Å²) in [7, 11) is 1.27. The molecule has 0 spiro atoms. The summed E-state index contributed by atoms with van der Waals surface area (Å²) in [6, 6.07) is 3.22. The molecule has 3 aromatic heterocycles. The van der Waals surface area contributed by atoms with Crippen LogP contribution in [-0.4, -0.2) is 79.2 Å². The topological polar surface area (TPSA) is 106 Å². The maximum Gasteiger partial charge on any atom is 0.287 e. The van der Waals surface area contributed by atoms with Crippen molar-refractivity contribution in [2.24, 2.45) is 4.99 Å². The second-order valence-electron chi connectivity index (χ2n) is 8.38. The van der Waals surface area contributed by atoms with Crippen LogP contribution >= 0.6 is 0 Å². The zero-order valence-electron chi connectivity index (χ0n) is 20.3. The molecule has 1 amide bonds. The van der Waals surface area contributed by atoms with E-state index in [4.69, 9.17) is 6.11 Å². The summed E-state index contributed by atoms with van der Waals surface area (Å²) in [5.41, 5.74) is 0.979. The second-order valence-corrected chi connectivity index (χ2v) is 8.38. The Morgan fingerprint density at radius 2 is 2.22 bits per heavy atom. The van der Waals surface area contributed by atoms with Crippen LogP contribution in [0.25, 0.3) is 27.7 Å². The van der Waals surface area contributed by atoms with Crippen molar-refractivity contribution >= 4 is 22.5 Å². The van der Waals surface area contributed by atoms with Gasteiger partial charge in [0, 0.05) is 13.5 Å². The Balaban J connectivity index is 1.64. The van der Waals surface area contributed by atoms with E-state index in [0.717, 1.165) is 9.42 Å². The number of nitrogens with one attached hydrogen (secondary N) is 1. The van der Waals surface area contributed by atoms with Gasteiger partial charge in [0.2, 0.25) is 17.4 Å². The molecule has 0 unspecified atom stereocenters. The highest BCUT2D eigenvalue weighted by molar-refractivity contribution is 5.89. The number of aromatic amines is 1. The zero-order valence-corrected chi connectivity index (χ0v) is 19.3. The third-order valence-electron chi connectivity index (χ3n) is 6.09. The molecule has 1 saturated heterocycles. The van der Waals surface area contributed by atoms with Gasteiger partial charge in [-0.15, -0.1) is 5.10 Å². The fraction of sp³-hybridized carbons (Fsp3) is 0.409. The number of piperidine rings is 1. The number of fused-ring (bicyclic) bond motifs is 2. The van der Waals surface area contributed by atoms with E-state index in [1.807, 2.05) is 0 Å². The quantitative estimate of drug-likeness (QED) is 0.418. The van der Waals surface area contributed by atoms with Crippen LogP contribution in [0.15, 0.2) is 29.4 Å². The number of likely N-dealkylation sites (tertiary alicyclic amines) is 1. The van der Waals surface area contributed by atoms with Crippen LogP contribution in [-0.2, 0) is 11.3 Å². The fourth-order valence-electron chi connectivity index (χ4n) is 4.32. The van der Waals surface area contributed by atoms with Crippen LogP contribution in [0.1, 0.15) is 14.7 Å². The number of methoxy groups -OCH3 is 1. The van der Waals surface area contributed by atoms with Gasteiger partial charge in [-0.25, -0.2) is 27.2 Å². The van der Waals surface area contributed by atoms with Crippen molar-refractivity contribution in [2.75, 3.05) is 26.9 Å². The maximum absolute atomic E-state index is 15.4. The number of rotatable bonds is 5. The minimum absolute atomic E-state index is 0.0351. The van der Waals surface area contributed by atoms with E-state index in [-0.39, 0.29) is 42.1 Å². The van der Waals surface area contributed by atoms with Gasteiger partial charge in [-0.2, -0.15) is 4.98 Å². The normalized spacial score (nSPS) is 18.7. The maximum atomic E-state index is 15.4. The number of carbonyl (C=O) groups excluding carboxylic acids is 1. The Bertz CT molecular complexity index is 1580. The van der Waals surface area contributed by atoms with Gasteiger partial charge in [0.25, 0.3) is 5.92 Å². The van der Waals surface area contributed by atoms with Crippen molar-refractivity contribution in [3.8, 4) is 17.0 Å². The number of carbonyl (C=O) groups is 1. The van der Waals surface area contributed by atoms with E-state index >= 15 is 4.39 Å². The van der Waals surface area contributed by atoms with E-state index in [2.05, 4.69) is 25.4 Å². The van der Waals surface area contributed by atoms with Crippen LogP contribution < -0.4 is 10.4 Å². The molecule has 1 atom stereocenters. The highest BCUT2D eigenvalue weighted by atomic mass is 19.3. The summed E-state index contributed by atoms with van der Waals surface area (Å²) in [6.45, 7) is -0.172. The molecule has 1 aliphatic rings. The first-order valence-corrected chi connectivity index (χ1v) is 11.1. The lowest BCUT2D eigenvalue weighted by molar-refractivity contribution is -0.141.